The number of nitrogens with one attached hydrogen (secondary N) is 2. The lowest BCUT2D eigenvalue weighted by molar-refractivity contribution is -0.175. The minimum absolute atomic E-state index is 0.0246. The Morgan fingerprint density at radius 3 is 2.08 bits per heavy atom. The predicted octanol–water partition coefficient (Wildman–Crippen LogP) is 1.35. The number of aliphatic carboxylic acids is 1. The smallest absolute Gasteiger partial charge is 0.471 e. The van der Waals surface area contributed by atoms with Crippen LogP contribution in [0.1, 0.15) is 23.7 Å². The third kappa shape index (κ3) is 5.71. The quantitative estimate of drug-likeness (QED) is 0.673. The normalized spacial score (nSPS) is 12.2. The van der Waals surface area contributed by atoms with Gasteiger partial charge in [0.25, 0.3) is 0 Å². The SMILES string of the molecule is CC(=O)Nc1ccc(C(=O)CC(NC(=O)C(F)(F)F)C(=O)O)cc1. The number of carboxylic acid groups (broad SMARTS) is 1. The van der Waals surface area contributed by atoms with E-state index in [0.29, 0.717) is 5.69 Å². The standard InChI is InChI=1S/C14H13F3N2O5/c1-7(20)18-9-4-2-8(3-5-9)11(21)6-10(12(22)23)19-13(24)14(15,16)17/h2-5,10H,6H2,1H3,(H,18,20)(H,19,24)(H,22,23). The van der Waals surface area contributed by atoms with E-state index in [2.05, 4.69) is 5.32 Å². The fourth-order valence-electron chi connectivity index (χ4n) is 1.69. The van der Waals surface area contributed by atoms with Crippen LogP contribution in [0.3, 0.4) is 0 Å². The Hall–Kier alpha value is -2.91. The largest absolute Gasteiger partial charge is 0.480 e. The summed E-state index contributed by atoms with van der Waals surface area (Å²) in [6, 6.07) is 3.29. The summed E-state index contributed by atoms with van der Waals surface area (Å²) in [5.41, 5.74) is 0.413. The van der Waals surface area contributed by atoms with Crippen LogP contribution in [-0.2, 0) is 14.4 Å². The molecule has 1 rings (SSSR count). The van der Waals surface area contributed by atoms with Crippen molar-refractivity contribution in [2.75, 3.05) is 5.32 Å². The molecule has 3 N–H and O–H groups in total. The highest BCUT2D eigenvalue weighted by atomic mass is 19.4. The van der Waals surface area contributed by atoms with Gasteiger partial charge in [0.1, 0.15) is 6.04 Å². The molecule has 1 aromatic carbocycles. The number of benzene rings is 1. The highest BCUT2D eigenvalue weighted by Gasteiger charge is 2.41. The highest BCUT2D eigenvalue weighted by molar-refractivity contribution is 6.00. The van der Waals surface area contributed by atoms with Crippen LogP contribution in [0.25, 0.3) is 0 Å². The van der Waals surface area contributed by atoms with Crippen LogP contribution in [0.5, 0.6) is 0 Å². The van der Waals surface area contributed by atoms with Gasteiger partial charge in [0.15, 0.2) is 5.78 Å². The minimum Gasteiger partial charge on any atom is -0.480 e. The van der Waals surface area contributed by atoms with E-state index in [0.717, 1.165) is 0 Å². The van der Waals surface area contributed by atoms with Crippen LogP contribution in [0.15, 0.2) is 24.3 Å². The van der Waals surface area contributed by atoms with Gasteiger partial charge in [-0.25, -0.2) is 4.79 Å². The van der Waals surface area contributed by atoms with Crippen molar-refractivity contribution in [3.63, 3.8) is 0 Å². The fourth-order valence-corrected chi connectivity index (χ4v) is 1.69. The molecule has 0 heterocycles. The zero-order valence-electron chi connectivity index (χ0n) is 12.3. The van der Waals surface area contributed by atoms with Gasteiger partial charge in [-0.05, 0) is 24.3 Å². The second-order valence-electron chi connectivity index (χ2n) is 4.75. The van der Waals surface area contributed by atoms with Crippen LogP contribution in [0, 0.1) is 0 Å². The number of Topliss-reactive ketones (excluding diaryl/α,β-unsaturated/α-hetero) is 1. The number of rotatable bonds is 6. The molecule has 24 heavy (non-hydrogen) atoms. The van der Waals surface area contributed by atoms with E-state index in [4.69, 9.17) is 5.11 Å². The predicted molar refractivity (Wildman–Crippen MR) is 75.3 cm³/mol. The summed E-state index contributed by atoms with van der Waals surface area (Å²) in [6.45, 7) is 1.28. The molecule has 2 amide bonds. The molecule has 0 saturated carbocycles. The van der Waals surface area contributed by atoms with Crippen molar-refractivity contribution in [3.8, 4) is 0 Å². The van der Waals surface area contributed by atoms with Gasteiger partial charge >= 0.3 is 18.1 Å². The molecule has 0 fully saturated rings. The molecule has 0 saturated heterocycles. The Balaban J connectivity index is 2.80. The van der Waals surface area contributed by atoms with Gasteiger partial charge in [-0.1, -0.05) is 0 Å². The number of halogens is 3. The average Bonchev–Trinajstić information content (AvgIpc) is 2.45. The van der Waals surface area contributed by atoms with Crippen molar-refractivity contribution >= 4 is 29.3 Å². The molecule has 0 aromatic heterocycles. The number of carbonyl (C=O) groups excluding carboxylic acids is 3. The molecule has 1 unspecified atom stereocenters. The zero-order valence-corrected chi connectivity index (χ0v) is 12.3. The molecular formula is C14H13F3N2O5. The summed E-state index contributed by atoms with van der Waals surface area (Å²) < 4.78 is 36.5. The van der Waals surface area contributed by atoms with Crippen molar-refractivity contribution in [3.05, 3.63) is 29.8 Å². The van der Waals surface area contributed by atoms with Gasteiger partial charge in [-0.3, -0.25) is 14.4 Å². The first-order valence-corrected chi connectivity index (χ1v) is 6.52. The van der Waals surface area contributed by atoms with Crippen molar-refractivity contribution in [2.45, 2.75) is 25.6 Å². The van der Waals surface area contributed by atoms with Gasteiger partial charge in [0.05, 0.1) is 0 Å². The number of alkyl halides is 3. The summed E-state index contributed by atoms with van der Waals surface area (Å²) >= 11 is 0. The number of amides is 2. The van der Waals surface area contributed by atoms with E-state index < -0.39 is 36.3 Å². The second-order valence-corrected chi connectivity index (χ2v) is 4.75. The maximum absolute atomic E-state index is 12.2. The monoisotopic (exact) mass is 346 g/mol. The topological polar surface area (TPSA) is 113 Å². The molecule has 0 aliphatic carbocycles. The number of carbonyl (C=O) groups is 4. The van der Waals surface area contributed by atoms with Crippen molar-refractivity contribution < 1.29 is 37.5 Å². The van der Waals surface area contributed by atoms with Crippen LogP contribution < -0.4 is 10.6 Å². The van der Waals surface area contributed by atoms with E-state index in [-0.39, 0.29) is 11.5 Å². The van der Waals surface area contributed by atoms with Crippen molar-refractivity contribution in [2.24, 2.45) is 0 Å². The molecule has 1 aromatic rings. The van der Waals surface area contributed by atoms with Crippen LogP contribution in [-0.4, -0.2) is 40.9 Å². The summed E-state index contributed by atoms with van der Waals surface area (Å²) in [7, 11) is 0. The first kappa shape index (κ1) is 19.1. The Kier molecular flexibility index (Phi) is 6.04. The molecule has 7 nitrogen and oxygen atoms in total. The van der Waals surface area contributed by atoms with E-state index >= 15 is 0 Å². The maximum Gasteiger partial charge on any atom is 0.471 e. The molecule has 130 valence electrons. The summed E-state index contributed by atoms with van der Waals surface area (Å²) in [4.78, 5) is 44.5. The minimum atomic E-state index is -5.25. The number of anilines is 1. The lowest BCUT2D eigenvalue weighted by Gasteiger charge is -2.15. The molecular weight excluding hydrogens is 333 g/mol. The van der Waals surface area contributed by atoms with E-state index in [1.807, 2.05) is 0 Å². The Morgan fingerprint density at radius 1 is 1.12 bits per heavy atom. The Labute approximate surface area is 133 Å². The first-order valence-electron chi connectivity index (χ1n) is 6.52. The lowest BCUT2D eigenvalue weighted by Crippen LogP contribution is -2.47. The van der Waals surface area contributed by atoms with E-state index in [1.54, 1.807) is 0 Å². The number of hydrogen-bond donors (Lipinski definition) is 3. The average molecular weight is 346 g/mol. The van der Waals surface area contributed by atoms with Gasteiger partial charge < -0.3 is 15.7 Å². The maximum atomic E-state index is 12.2. The van der Waals surface area contributed by atoms with Gasteiger partial charge in [-0.2, -0.15) is 13.2 Å². The molecule has 0 radical (unpaired) electrons. The van der Waals surface area contributed by atoms with Gasteiger partial charge in [-0.15, -0.1) is 0 Å². The van der Waals surface area contributed by atoms with E-state index in [9.17, 15) is 32.3 Å². The summed E-state index contributed by atoms with van der Waals surface area (Å²) in [5.74, 6) is -5.33. The molecule has 10 heteroatoms. The number of hydrogen-bond acceptors (Lipinski definition) is 4. The third-order valence-electron chi connectivity index (χ3n) is 2.78. The van der Waals surface area contributed by atoms with E-state index in [1.165, 1.54) is 36.5 Å². The molecule has 0 aliphatic heterocycles. The highest BCUT2D eigenvalue weighted by Crippen LogP contribution is 2.16. The molecule has 0 spiro atoms. The molecule has 1 atom stereocenters. The van der Waals surface area contributed by atoms with Gasteiger partial charge in [0, 0.05) is 24.6 Å². The van der Waals surface area contributed by atoms with Crippen LogP contribution in [0.2, 0.25) is 0 Å². The zero-order chi connectivity index (χ0) is 18.5. The second kappa shape index (κ2) is 7.57. The van der Waals surface area contributed by atoms with Crippen molar-refractivity contribution in [1.29, 1.82) is 0 Å². The summed E-state index contributed by atoms with van der Waals surface area (Å²) in [5, 5.41) is 12.5. The molecule has 0 aliphatic rings. The van der Waals surface area contributed by atoms with Crippen LogP contribution >= 0.6 is 0 Å². The molecule has 0 bridgehead atoms. The van der Waals surface area contributed by atoms with Crippen molar-refractivity contribution in [1.82, 2.24) is 5.32 Å². The fraction of sp³-hybridized carbons (Fsp3) is 0.286. The van der Waals surface area contributed by atoms with Crippen LogP contribution in [0.4, 0.5) is 18.9 Å². The third-order valence-corrected chi connectivity index (χ3v) is 2.78. The van der Waals surface area contributed by atoms with Gasteiger partial charge in [0.2, 0.25) is 5.91 Å². The number of ketones is 1. The summed E-state index contributed by atoms with van der Waals surface area (Å²) in [6.07, 6.45) is -6.10. The number of carboxylic acids is 1. The lowest BCUT2D eigenvalue weighted by atomic mass is 10.0. The Bertz CT molecular complexity index is 655. The Morgan fingerprint density at radius 2 is 1.67 bits per heavy atom. The first-order chi connectivity index (χ1) is 11.0.